The lowest BCUT2D eigenvalue weighted by Crippen LogP contribution is -2.42. The summed E-state index contributed by atoms with van der Waals surface area (Å²) in [6.45, 7) is 1.66. The summed E-state index contributed by atoms with van der Waals surface area (Å²) in [7, 11) is 0. The Morgan fingerprint density at radius 1 is 1.20 bits per heavy atom. The molecule has 0 saturated carbocycles. The van der Waals surface area contributed by atoms with Gasteiger partial charge in [-0.1, -0.05) is 11.6 Å². The Bertz CT molecular complexity index is 734. The van der Waals surface area contributed by atoms with E-state index in [0.29, 0.717) is 15.9 Å². The summed E-state index contributed by atoms with van der Waals surface area (Å²) >= 11 is 5.87. The van der Waals surface area contributed by atoms with Gasteiger partial charge in [-0.05, 0) is 44.1 Å². The summed E-state index contributed by atoms with van der Waals surface area (Å²) < 4.78 is 1.34. The molecule has 108 valence electrons. The van der Waals surface area contributed by atoms with Crippen molar-refractivity contribution in [1.82, 2.24) is 14.9 Å². The van der Waals surface area contributed by atoms with Crippen LogP contribution in [0, 0.1) is 0 Å². The number of hydrogen-bond donors (Lipinski definition) is 2. The first kappa shape index (κ1) is 15.3. The molecule has 5 nitrogen and oxygen atoms in total. The molecule has 1 aliphatic heterocycles. The van der Waals surface area contributed by atoms with E-state index >= 15 is 0 Å². The maximum absolute atomic E-state index is 12.4. The standard InChI is InChI=1S/C13H14ClN3O2.BrH/c14-8-1-2-10-11(7-8)16-13(19)17(12(10)18)9-3-5-15-6-4-9;/h1-2,7,9,15H,3-6H2,(H,16,19);1H. The molecule has 7 heteroatoms. The Morgan fingerprint density at radius 2 is 1.90 bits per heavy atom. The monoisotopic (exact) mass is 359 g/mol. The molecule has 0 radical (unpaired) electrons. The molecule has 20 heavy (non-hydrogen) atoms. The van der Waals surface area contributed by atoms with Gasteiger partial charge in [-0.2, -0.15) is 0 Å². The molecule has 0 unspecified atom stereocenters. The maximum Gasteiger partial charge on any atom is 0.329 e. The van der Waals surface area contributed by atoms with Crippen LogP contribution in [0.2, 0.25) is 5.02 Å². The Hall–Kier alpha value is -1.11. The van der Waals surface area contributed by atoms with Crippen LogP contribution in [0.25, 0.3) is 10.9 Å². The summed E-state index contributed by atoms with van der Waals surface area (Å²) in [6, 6.07) is 4.90. The van der Waals surface area contributed by atoms with Crippen molar-refractivity contribution in [1.29, 1.82) is 0 Å². The summed E-state index contributed by atoms with van der Waals surface area (Å²) in [5.74, 6) is 0. The van der Waals surface area contributed by atoms with Crippen molar-refractivity contribution in [2.75, 3.05) is 13.1 Å². The van der Waals surface area contributed by atoms with Gasteiger partial charge in [-0.3, -0.25) is 9.36 Å². The van der Waals surface area contributed by atoms with Crippen molar-refractivity contribution >= 4 is 39.5 Å². The van der Waals surface area contributed by atoms with E-state index in [1.54, 1.807) is 18.2 Å². The van der Waals surface area contributed by atoms with Crippen molar-refractivity contribution in [3.8, 4) is 0 Å². The number of halogens is 2. The average Bonchev–Trinajstić information content (AvgIpc) is 2.39. The molecule has 1 fully saturated rings. The summed E-state index contributed by atoms with van der Waals surface area (Å²) in [6.07, 6.45) is 1.59. The summed E-state index contributed by atoms with van der Waals surface area (Å²) in [5.41, 5.74) is -0.0957. The van der Waals surface area contributed by atoms with Crippen LogP contribution in [0.1, 0.15) is 18.9 Å². The summed E-state index contributed by atoms with van der Waals surface area (Å²) in [5, 5.41) is 4.23. The Labute approximate surface area is 130 Å². The van der Waals surface area contributed by atoms with Crippen LogP contribution in [-0.4, -0.2) is 22.6 Å². The van der Waals surface area contributed by atoms with Crippen LogP contribution in [0.3, 0.4) is 0 Å². The lowest BCUT2D eigenvalue weighted by atomic mass is 10.1. The lowest BCUT2D eigenvalue weighted by molar-refractivity contribution is 0.352. The predicted molar refractivity (Wildman–Crippen MR) is 85.3 cm³/mol. The molecule has 2 heterocycles. The van der Waals surface area contributed by atoms with E-state index in [9.17, 15) is 9.59 Å². The highest BCUT2D eigenvalue weighted by Crippen LogP contribution is 2.17. The lowest BCUT2D eigenvalue weighted by Gasteiger charge is -2.23. The second-order valence-corrected chi connectivity index (χ2v) is 5.21. The zero-order chi connectivity index (χ0) is 13.4. The number of aromatic nitrogens is 2. The Morgan fingerprint density at radius 3 is 2.60 bits per heavy atom. The Balaban J connectivity index is 0.00000147. The first-order valence-corrected chi connectivity index (χ1v) is 6.69. The van der Waals surface area contributed by atoms with Crippen LogP contribution >= 0.6 is 28.6 Å². The van der Waals surface area contributed by atoms with E-state index in [2.05, 4.69) is 10.3 Å². The van der Waals surface area contributed by atoms with Crippen molar-refractivity contribution in [2.24, 2.45) is 0 Å². The fourth-order valence-electron chi connectivity index (χ4n) is 2.60. The fourth-order valence-corrected chi connectivity index (χ4v) is 2.77. The molecule has 1 aliphatic rings. The van der Waals surface area contributed by atoms with Gasteiger partial charge in [-0.15, -0.1) is 17.0 Å². The van der Waals surface area contributed by atoms with Gasteiger partial charge < -0.3 is 10.3 Å². The number of benzene rings is 1. The van der Waals surface area contributed by atoms with Gasteiger partial charge in [-0.25, -0.2) is 4.79 Å². The second kappa shape index (κ2) is 6.11. The van der Waals surface area contributed by atoms with Gasteiger partial charge in [0.2, 0.25) is 0 Å². The quantitative estimate of drug-likeness (QED) is 0.815. The normalized spacial score (nSPS) is 16.1. The number of rotatable bonds is 1. The highest BCUT2D eigenvalue weighted by molar-refractivity contribution is 8.93. The van der Waals surface area contributed by atoms with E-state index in [4.69, 9.17) is 11.6 Å². The number of H-pyrrole nitrogens is 1. The number of nitrogens with one attached hydrogen (secondary N) is 2. The van der Waals surface area contributed by atoms with E-state index < -0.39 is 0 Å². The molecule has 1 aromatic carbocycles. The third-order valence-electron chi connectivity index (χ3n) is 3.57. The highest BCUT2D eigenvalue weighted by Gasteiger charge is 2.19. The molecular formula is C13H15BrClN3O2. The molecule has 0 amide bonds. The number of fused-ring (bicyclic) bond motifs is 1. The van der Waals surface area contributed by atoms with Gasteiger partial charge in [0.1, 0.15) is 0 Å². The zero-order valence-electron chi connectivity index (χ0n) is 10.7. The largest absolute Gasteiger partial charge is 0.329 e. The van der Waals surface area contributed by atoms with Crippen LogP contribution in [0.5, 0.6) is 0 Å². The van der Waals surface area contributed by atoms with Crippen LogP contribution in [0.15, 0.2) is 27.8 Å². The molecule has 0 atom stereocenters. The van der Waals surface area contributed by atoms with Gasteiger partial charge in [0.15, 0.2) is 0 Å². The van der Waals surface area contributed by atoms with Crippen molar-refractivity contribution in [2.45, 2.75) is 18.9 Å². The van der Waals surface area contributed by atoms with Gasteiger partial charge in [0.25, 0.3) is 5.56 Å². The average molecular weight is 361 g/mol. The summed E-state index contributed by atoms with van der Waals surface area (Å²) in [4.78, 5) is 27.3. The van der Waals surface area contributed by atoms with Crippen molar-refractivity contribution < 1.29 is 0 Å². The van der Waals surface area contributed by atoms with Crippen molar-refractivity contribution in [3.05, 3.63) is 44.1 Å². The van der Waals surface area contributed by atoms with Gasteiger partial charge in [0.05, 0.1) is 10.9 Å². The minimum Gasteiger partial charge on any atom is -0.317 e. The van der Waals surface area contributed by atoms with E-state index in [1.807, 2.05) is 0 Å². The molecule has 3 rings (SSSR count). The fraction of sp³-hybridized carbons (Fsp3) is 0.385. The van der Waals surface area contributed by atoms with Crippen LogP contribution < -0.4 is 16.6 Å². The second-order valence-electron chi connectivity index (χ2n) is 4.78. The van der Waals surface area contributed by atoms with Crippen molar-refractivity contribution in [3.63, 3.8) is 0 Å². The van der Waals surface area contributed by atoms with Crippen LogP contribution in [-0.2, 0) is 0 Å². The topological polar surface area (TPSA) is 66.9 Å². The number of hydrogen-bond acceptors (Lipinski definition) is 3. The molecule has 1 saturated heterocycles. The van der Waals surface area contributed by atoms with E-state index in [1.165, 1.54) is 4.57 Å². The molecule has 2 N–H and O–H groups in total. The zero-order valence-corrected chi connectivity index (χ0v) is 13.2. The SMILES string of the molecule is Br.O=c1[nH]c2cc(Cl)ccc2c(=O)n1C1CCNCC1. The third-order valence-corrected chi connectivity index (χ3v) is 3.80. The molecule has 1 aromatic heterocycles. The van der Waals surface area contributed by atoms with Gasteiger partial charge in [0, 0.05) is 11.1 Å². The minimum absolute atomic E-state index is 0. The number of piperidine rings is 1. The van der Waals surface area contributed by atoms with Gasteiger partial charge >= 0.3 is 5.69 Å². The minimum atomic E-state index is -0.355. The number of nitrogens with zero attached hydrogens (tertiary/aromatic N) is 1. The first-order valence-electron chi connectivity index (χ1n) is 6.31. The molecule has 2 aromatic rings. The Kier molecular flexibility index (Phi) is 4.67. The number of aromatic amines is 1. The van der Waals surface area contributed by atoms with Crippen LogP contribution in [0.4, 0.5) is 0 Å². The molecule has 0 spiro atoms. The smallest absolute Gasteiger partial charge is 0.317 e. The molecule has 0 aliphatic carbocycles. The third kappa shape index (κ3) is 2.68. The maximum atomic E-state index is 12.4. The van der Waals surface area contributed by atoms with E-state index in [0.717, 1.165) is 25.9 Å². The highest BCUT2D eigenvalue weighted by atomic mass is 79.9. The first-order chi connectivity index (χ1) is 9.16. The predicted octanol–water partition coefficient (Wildman–Crippen LogP) is 1.85. The molecule has 0 bridgehead atoms. The van der Waals surface area contributed by atoms with E-state index in [-0.39, 0.29) is 34.3 Å². The molecular weight excluding hydrogens is 346 g/mol.